The molecule has 1 aliphatic heterocycles. The molecule has 1 atom stereocenters. The molecule has 1 saturated heterocycles. The summed E-state index contributed by atoms with van der Waals surface area (Å²) in [6.07, 6.45) is 1.65. The second-order valence-corrected chi connectivity index (χ2v) is 6.20. The van der Waals surface area contributed by atoms with Crippen LogP contribution in [0.5, 0.6) is 0 Å². The molecule has 0 radical (unpaired) electrons. The van der Waals surface area contributed by atoms with E-state index in [1.165, 1.54) is 5.01 Å². The van der Waals surface area contributed by atoms with Gasteiger partial charge in [-0.15, -0.1) is 11.8 Å². The molecule has 112 valence electrons. The van der Waals surface area contributed by atoms with E-state index in [9.17, 15) is 9.59 Å². The summed E-state index contributed by atoms with van der Waals surface area (Å²) in [6.45, 7) is 0.241. The van der Waals surface area contributed by atoms with E-state index in [2.05, 4.69) is 10.4 Å². The Balaban J connectivity index is 1.73. The number of amides is 2. The monoisotopic (exact) mass is 333 g/mol. The lowest BCUT2D eigenvalue weighted by atomic mass is 10.3. The average molecular weight is 334 g/mol. The third-order valence-corrected chi connectivity index (χ3v) is 4.80. The first-order valence-corrected chi connectivity index (χ1v) is 7.84. The maximum absolute atomic E-state index is 12.4. The Labute approximate surface area is 136 Å². The number of thioether (sulfide) groups is 1. The molecule has 2 aromatic rings. The van der Waals surface area contributed by atoms with Crippen molar-refractivity contribution in [3.05, 3.63) is 59.4 Å². The highest BCUT2D eigenvalue weighted by molar-refractivity contribution is 8.01. The Bertz CT molecular complexity index is 711. The number of hydrogen-bond acceptors (Lipinski definition) is 4. The van der Waals surface area contributed by atoms with Crippen LogP contribution in [0.3, 0.4) is 0 Å². The molecule has 1 unspecified atom stereocenters. The average Bonchev–Trinajstić information content (AvgIpc) is 2.78. The van der Waals surface area contributed by atoms with Crippen molar-refractivity contribution in [1.82, 2.24) is 15.4 Å². The third-order valence-electron chi connectivity index (χ3n) is 3.10. The molecule has 2 amide bonds. The standard InChI is InChI=1S/C15H12ClN3O2S/c16-11-6-1-2-7-12(11)22-13-14(20)18-19(15(13)21)9-10-5-3-4-8-17-10/h1-8,13H,9H2,(H,18,20). The summed E-state index contributed by atoms with van der Waals surface area (Å²) < 4.78 is 0. The zero-order valence-electron chi connectivity index (χ0n) is 11.4. The quantitative estimate of drug-likeness (QED) is 0.872. The van der Waals surface area contributed by atoms with Gasteiger partial charge in [0.2, 0.25) is 0 Å². The van der Waals surface area contributed by atoms with Crippen molar-refractivity contribution in [1.29, 1.82) is 0 Å². The van der Waals surface area contributed by atoms with E-state index < -0.39 is 5.25 Å². The lowest BCUT2D eigenvalue weighted by Crippen LogP contribution is -2.35. The van der Waals surface area contributed by atoms with Crippen LogP contribution in [0.2, 0.25) is 5.02 Å². The number of pyridine rings is 1. The highest BCUT2D eigenvalue weighted by atomic mass is 35.5. The summed E-state index contributed by atoms with van der Waals surface area (Å²) >= 11 is 7.23. The van der Waals surface area contributed by atoms with Crippen molar-refractivity contribution in [3.8, 4) is 0 Å². The minimum Gasteiger partial charge on any atom is -0.271 e. The SMILES string of the molecule is O=C1NN(Cc2ccccn2)C(=O)C1Sc1ccccc1Cl. The Morgan fingerprint density at radius 2 is 1.95 bits per heavy atom. The van der Waals surface area contributed by atoms with Crippen molar-refractivity contribution < 1.29 is 9.59 Å². The molecule has 5 nitrogen and oxygen atoms in total. The summed E-state index contributed by atoms with van der Waals surface area (Å²) in [5.41, 5.74) is 3.29. The number of aromatic nitrogens is 1. The van der Waals surface area contributed by atoms with Gasteiger partial charge in [-0.25, -0.2) is 5.01 Å². The highest BCUT2D eigenvalue weighted by Crippen LogP contribution is 2.32. The molecule has 2 heterocycles. The van der Waals surface area contributed by atoms with E-state index in [0.717, 1.165) is 11.8 Å². The van der Waals surface area contributed by atoms with Gasteiger partial charge >= 0.3 is 0 Å². The summed E-state index contributed by atoms with van der Waals surface area (Å²) in [5.74, 6) is -0.633. The second-order valence-electron chi connectivity index (χ2n) is 4.65. The van der Waals surface area contributed by atoms with Crippen LogP contribution < -0.4 is 5.43 Å². The number of hydrazine groups is 1. The zero-order chi connectivity index (χ0) is 15.5. The summed E-state index contributed by atoms with van der Waals surface area (Å²) in [7, 11) is 0. The molecular formula is C15H12ClN3O2S. The summed E-state index contributed by atoms with van der Waals surface area (Å²) in [4.78, 5) is 29.3. The van der Waals surface area contributed by atoms with Crippen LogP contribution in [0.4, 0.5) is 0 Å². The topological polar surface area (TPSA) is 62.3 Å². The molecule has 3 rings (SSSR count). The van der Waals surface area contributed by atoms with Gasteiger partial charge in [0.25, 0.3) is 11.8 Å². The van der Waals surface area contributed by atoms with Crippen molar-refractivity contribution in [2.75, 3.05) is 0 Å². The van der Waals surface area contributed by atoms with Crippen molar-refractivity contribution in [2.24, 2.45) is 0 Å². The maximum Gasteiger partial charge on any atom is 0.264 e. The number of hydrogen-bond donors (Lipinski definition) is 1. The van der Waals surface area contributed by atoms with Crippen LogP contribution in [0.25, 0.3) is 0 Å². The zero-order valence-corrected chi connectivity index (χ0v) is 13.0. The molecule has 1 aliphatic rings. The van der Waals surface area contributed by atoms with E-state index in [1.54, 1.807) is 36.5 Å². The van der Waals surface area contributed by atoms with E-state index in [1.807, 2.05) is 12.1 Å². The molecule has 0 saturated carbocycles. The molecule has 0 aliphatic carbocycles. The molecule has 1 fully saturated rings. The van der Waals surface area contributed by atoms with Crippen LogP contribution in [0, 0.1) is 0 Å². The predicted octanol–water partition coefficient (Wildman–Crippen LogP) is 2.27. The maximum atomic E-state index is 12.4. The molecule has 1 aromatic heterocycles. The summed E-state index contributed by atoms with van der Waals surface area (Å²) in [5, 5.41) is 0.985. The van der Waals surface area contributed by atoms with E-state index >= 15 is 0 Å². The lowest BCUT2D eigenvalue weighted by molar-refractivity contribution is -0.130. The number of halogens is 1. The predicted molar refractivity (Wildman–Crippen MR) is 84.0 cm³/mol. The first-order chi connectivity index (χ1) is 10.6. The number of nitrogens with zero attached hydrogens (tertiary/aromatic N) is 2. The number of carbonyl (C=O) groups is 2. The van der Waals surface area contributed by atoms with E-state index in [-0.39, 0.29) is 18.4 Å². The third kappa shape index (κ3) is 3.08. The van der Waals surface area contributed by atoms with Gasteiger partial charge in [0.1, 0.15) is 0 Å². The fraction of sp³-hybridized carbons (Fsp3) is 0.133. The van der Waals surface area contributed by atoms with Crippen LogP contribution >= 0.6 is 23.4 Å². The Morgan fingerprint density at radius 1 is 1.18 bits per heavy atom. The van der Waals surface area contributed by atoms with Gasteiger partial charge in [-0.05, 0) is 24.3 Å². The normalized spacial score (nSPS) is 17.7. The minimum atomic E-state index is -0.830. The van der Waals surface area contributed by atoms with Gasteiger partial charge in [-0.3, -0.25) is 20.0 Å². The van der Waals surface area contributed by atoms with Crippen molar-refractivity contribution in [2.45, 2.75) is 16.7 Å². The fourth-order valence-electron chi connectivity index (χ4n) is 2.04. The molecule has 1 N–H and O–H groups in total. The highest BCUT2D eigenvalue weighted by Gasteiger charge is 2.40. The molecule has 0 spiro atoms. The minimum absolute atomic E-state index is 0.241. The van der Waals surface area contributed by atoms with Gasteiger partial charge in [0.05, 0.1) is 17.3 Å². The summed E-state index contributed by atoms with van der Waals surface area (Å²) in [6, 6.07) is 12.6. The molecule has 7 heteroatoms. The Hall–Kier alpha value is -2.05. The number of nitrogens with one attached hydrogen (secondary N) is 1. The van der Waals surface area contributed by atoms with Gasteiger partial charge in [-0.2, -0.15) is 0 Å². The number of benzene rings is 1. The fourth-order valence-corrected chi connectivity index (χ4v) is 3.29. The second kappa shape index (κ2) is 6.37. The molecule has 0 bridgehead atoms. The largest absolute Gasteiger partial charge is 0.271 e. The lowest BCUT2D eigenvalue weighted by Gasteiger charge is -2.14. The van der Waals surface area contributed by atoms with Crippen LogP contribution in [-0.2, 0) is 16.1 Å². The van der Waals surface area contributed by atoms with Crippen LogP contribution in [-0.4, -0.2) is 27.1 Å². The molecule has 1 aromatic carbocycles. The van der Waals surface area contributed by atoms with Gasteiger partial charge in [0, 0.05) is 11.1 Å². The van der Waals surface area contributed by atoms with Crippen LogP contribution in [0.15, 0.2) is 53.6 Å². The van der Waals surface area contributed by atoms with E-state index in [4.69, 9.17) is 11.6 Å². The number of carbonyl (C=O) groups excluding carboxylic acids is 2. The van der Waals surface area contributed by atoms with Crippen molar-refractivity contribution in [3.63, 3.8) is 0 Å². The number of rotatable bonds is 4. The van der Waals surface area contributed by atoms with Crippen LogP contribution in [0.1, 0.15) is 5.69 Å². The van der Waals surface area contributed by atoms with Crippen molar-refractivity contribution >= 4 is 35.2 Å². The Morgan fingerprint density at radius 3 is 2.68 bits per heavy atom. The molecular weight excluding hydrogens is 322 g/mol. The first-order valence-electron chi connectivity index (χ1n) is 6.58. The van der Waals surface area contributed by atoms with Gasteiger partial charge in [-0.1, -0.05) is 29.8 Å². The first kappa shape index (κ1) is 14.9. The van der Waals surface area contributed by atoms with Gasteiger partial charge in [0.15, 0.2) is 5.25 Å². The smallest absolute Gasteiger partial charge is 0.264 e. The molecule has 22 heavy (non-hydrogen) atoms. The Kier molecular flexibility index (Phi) is 4.31. The van der Waals surface area contributed by atoms with E-state index in [0.29, 0.717) is 15.6 Å². The van der Waals surface area contributed by atoms with Gasteiger partial charge < -0.3 is 0 Å².